The lowest BCUT2D eigenvalue weighted by atomic mass is 10.1. The maximum absolute atomic E-state index is 12.3. The number of aromatic nitrogens is 1. The number of nitrogens with one attached hydrogen (secondary N) is 1. The first-order valence-electron chi connectivity index (χ1n) is 6.67. The van der Waals surface area contributed by atoms with Crippen LogP contribution >= 0.6 is 0 Å². The molecule has 1 amide bonds. The molecule has 1 aliphatic rings. The number of ether oxygens (including phenoxy) is 1. The van der Waals surface area contributed by atoms with Gasteiger partial charge in [0.1, 0.15) is 6.04 Å². The molecule has 1 saturated heterocycles. The molecule has 5 heteroatoms. The average molecular weight is 263 g/mol. The predicted octanol–water partition coefficient (Wildman–Crippen LogP) is 0.459. The van der Waals surface area contributed by atoms with Crippen LogP contribution in [-0.2, 0) is 16.0 Å². The summed E-state index contributed by atoms with van der Waals surface area (Å²) in [7, 11) is 1.84. The maximum Gasteiger partial charge on any atom is 0.242 e. The van der Waals surface area contributed by atoms with E-state index < -0.39 is 0 Å². The fraction of sp³-hybridized carbons (Fsp3) is 0.571. The number of morpholine rings is 1. The molecule has 0 bridgehead atoms. The molecule has 1 aromatic heterocycles. The molecule has 1 aromatic rings. The van der Waals surface area contributed by atoms with Gasteiger partial charge in [-0.05, 0) is 31.0 Å². The van der Waals surface area contributed by atoms with Crippen LogP contribution in [-0.4, -0.2) is 54.7 Å². The highest BCUT2D eigenvalue weighted by Gasteiger charge is 2.30. The summed E-state index contributed by atoms with van der Waals surface area (Å²) in [5.41, 5.74) is 1.19. The summed E-state index contributed by atoms with van der Waals surface area (Å²) in [5, 5.41) is 3.22. The number of amides is 1. The van der Waals surface area contributed by atoms with E-state index in [-0.39, 0.29) is 18.1 Å². The minimum Gasteiger partial charge on any atom is -0.375 e. The molecule has 0 aliphatic carbocycles. The molecule has 0 saturated carbocycles. The zero-order valence-electron chi connectivity index (χ0n) is 11.5. The van der Waals surface area contributed by atoms with Gasteiger partial charge < -0.3 is 15.0 Å². The topological polar surface area (TPSA) is 54.5 Å². The van der Waals surface area contributed by atoms with E-state index in [1.807, 2.05) is 26.1 Å². The Kier molecular flexibility index (Phi) is 4.87. The van der Waals surface area contributed by atoms with E-state index in [0.717, 1.165) is 13.0 Å². The van der Waals surface area contributed by atoms with Crippen LogP contribution in [0.15, 0.2) is 24.5 Å². The van der Waals surface area contributed by atoms with Crippen LogP contribution < -0.4 is 5.32 Å². The molecule has 2 heterocycles. The Bertz CT molecular complexity index is 410. The van der Waals surface area contributed by atoms with Crippen LogP contribution in [0.1, 0.15) is 12.5 Å². The Balaban J connectivity index is 1.85. The molecule has 1 aliphatic heterocycles. The van der Waals surface area contributed by atoms with Gasteiger partial charge in [0, 0.05) is 32.5 Å². The molecule has 104 valence electrons. The standard InChI is InChI=1S/C14H21N3O2/c1-11-13(16-8-10-19-11)14(18)17(2)9-5-12-3-6-15-7-4-12/h3-4,6-7,11,13,16H,5,8-10H2,1-2H3/t11-,13+/m1/s1. The first kappa shape index (κ1) is 14.0. The quantitative estimate of drug-likeness (QED) is 0.857. The van der Waals surface area contributed by atoms with Crippen LogP contribution in [0.2, 0.25) is 0 Å². The number of pyridine rings is 1. The van der Waals surface area contributed by atoms with E-state index in [1.54, 1.807) is 17.3 Å². The van der Waals surface area contributed by atoms with Crippen molar-refractivity contribution in [3.05, 3.63) is 30.1 Å². The highest BCUT2D eigenvalue weighted by molar-refractivity contribution is 5.82. The molecule has 1 N–H and O–H groups in total. The molecule has 2 rings (SSSR count). The van der Waals surface area contributed by atoms with Crippen LogP contribution in [0, 0.1) is 0 Å². The minimum absolute atomic E-state index is 0.0652. The first-order chi connectivity index (χ1) is 9.18. The Hall–Kier alpha value is -1.46. The van der Waals surface area contributed by atoms with E-state index in [9.17, 15) is 4.79 Å². The second-order valence-electron chi connectivity index (χ2n) is 4.87. The third-order valence-corrected chi connectivity index (χ3v) is 3.44. The zero-order chi connectivity index (χ0) is 13.7. The van der Waals surface area contributed by atoms with Crippen molar-refractivity contribution >= 4 is 5.91 Å². The lowest BCUT2D eigenvalue weighted by Gasteiger charge is -2.32. The fourth-order valence-corrected chi connectivity index (χ4v) is 2.20. The summed E-state index contributed by atoms with van der Waals surface area (Å²) >= 11 is 0. The summed E-state index contributed by atoms with van der Waals surface area (Å²) in [6.45, 7) is 4.05. The van der Waals surface area contributed by atoms with E-state index in [2.05, 4.69) is 10.3 Å². The lowest BCUT2D eigenvalue weighted by Crippen LogP contribution is -2.55. The lowest BCUT2D eigenvalue weighted by molar-refractivity contribution is -0.138. The predicted molar refractivity (Wildman–Crippen MR) is 72.8 cm³/mol. The van der Waals surface area contributed by atoms with Crippen molar-refractivity contribution in [2.75, 3.05) is 26.7 Å². The van der Waals surface area contributed by atoms with Crippen molar-refractivity contribution in [1.29, 1.82) is 0 Å². The number of carbonyl (C=O) groups excluding carboxylic acids is 1. The van der Waals surface area contributed by atoms with Crippen molar-refractivity contribution in [3.63, 3.8) is 0 Å². The summed E-state index contributed by atoms with van der Waals surface area (Å²) in [6.07, 6.45) is 4.32. The van der Waals surface area contributed by atoms with E-state index in [1.165, 1.54) is 5.56 Å². The second-order valence-corrected chi connectivity index (χ2v) is 4.87. The van der Waals surface area contributed by atoms with Crippen LogP contribution in [0.4, 0.5) is 0 Å². The molecule has 0 radical (unpaired) electrons. The molecule has 2 atom stereocenters. The molecular weight excluding hydrogens is 242 g/mol. The molecule has 0 aromatic carbocycles. The van der Waals surface area contributed by atoms with Gasteiger partial charge in [-0.1, -0.05) is 0 Å². The Morgan fingerprint density at radius 3 is 2.95 bits per heavy atom. The van der Waals surface area contributed by atoms with Gasteiger partial charge >= 0.3 is 0 Å². The number of hydrogen-bond acceptors (Lipinski definition) is 4. The van der Waals surface area contributed by atoms with Gasteiger partial charge in [0.2, 0.25) is 5.91 Å². The smallest absolute Gasteiger partial charge is 0.242 e. The van der Waals surface area contributed by atoms with Crippen molar-refractivity contribution in [1.82, 2.24) is 15.2 Å². The number of nitrogens with zero attached hydrogens (tertiary/aromatic N) is 2. The minimum atomic E-state index is -0.226. The number of likely N-dealkylation sites (N-methyl/N-ethyl adjacent to an activating group) is 1. The zero-order valence-corrected chi connectivity index (χ0v) is 11.5. The van der Waals surface area contributed by atoms with Gasteiger partial charge in [0.25, 0.3) is 0 Å². The normalized spacial score (nSPS) is 23.1. The third-order valence-electron chi connectivity index (χ3n) is 3.44. The summed E-state index contributed by atoms with van der Waals surface area (Å²) in [5.74, 6) is 0.0984. The second kappa shape index (κ2) is 6.63. The molecule has 0 unspecified atom stereocenters. The monoisotopic (exact) mass is 263 g/mol. The van der Waals surface area contributed by atoms with Crippen molar-refractivity contribution in [2.45, 2.75) is 25.5 Å². The van der Waals surface area contributed by atoms with Gasteiger partial charge in [-0.3, -0.25) is 9.78 Å². The van der Waals surface area contributed by atoms with Gasteiger partial charge in [-0.15, -0.1) is 0 Å². The molecular formula is C14H21N3O2. The highest BCUT2D eigenvalue weighted by atomic mass is 16.5. The first-order valence-corrected chi connectivity index (χ1v) is 6.67. The number of rotatable bonds is 4. The molecule has 0 spiro atoms. The van der Waals surface area contributed by atoms with Crippen LogP contribution in [0.25, 0.3) is 0 Å². The van der Waals surface area contributed by atoms with Crippen molar-refractivity contribution in [2.24, 2.45) is 0 Å². The van der Waals surface area contributed by atoms with E-state index >= 15 is 0 Å². The van der Waals surface area contributed by atoms with Crippen LogP contribution in [0.5, 0.6) is 0 Å². The van der Waals surface area contributed by atoms with Crippen molar-refractivity contribution in [3.8, 4) is 0 Å². The Labute approximate surface area is 114 Å². The van der Waals surface area contributed by atoms with E-state index in [0.29, 0.717) is 13.2 Å². The SMILES string of the molecule is C[C@H]1OCCN[C@@H]1C(=O)N(C)CCc1ccncc1. The Morgan fingerprint density at radius 1 is 1.53 bits per heavy atom. The van der Waals surface area contributed by atoms with Gasteiger partial charge in [-0.25, -0.2) is 0 Å². The average Bonchev–Trinajstić information content (AvgIpc) is 2.45. The molecule has 5 nitrogen and oxygen atoms in total. The summed E-state index contributed by atoms with van der Waals surface area (Å²) in [6, 6.07) is 3.72. The summed E-state index contributed by atoms with van der Waals surface area (Å²) < 4.78 is 5.51. The van der Waals surface area contributed by atoms with Gasteiger partial charge in [-0.2, -0.15) is 0 Å². The molecule has 19 heavy (non-hydrogen) atoms. The van der Waals surface area contributed by atoms with Gasteiger partial charge in [0.05, 0.1) is 12.7 Å². The largest absolute Gasteiger partial charge is 0.375 e. The van der Waals surface area contributed by atoms with Crippen molar-refractivity contribution < 1.29 is 9.53 Å². The fourth-order valence-electron chi connectivity index (χ4n) is 2.20. The maximum atomic E-state index is 12.3. The van der Waals surface area contributed by atoms with E-state index in [4.69, 9.17) is 4.74 Å². The Morgan fingerprint density at radius 2 is 2.26 bits per heavy atom. The number of carbonyl (C=O) groups is 1. The highest BCUT2D eigenvalue weighted by Crippen LogP contribution is 2.08. The molecule has 1 fully saturated rings. The number of hydrogen-bond donors (Lipinski definition) is 1. The third kappa shape index (κ3) is 3.75. The van der Waals surface area contributed by atoms with Gasteiger partial charge in [0.15, 0.2) is 0 Å². The van der Waals surface area contributed by atoms with Crippen LogP contribution in [0.3, 0.4) is 0 Å². The summed E-state index contributed by atoms with van der Waals surface area (Å²) in [4.78, 5) is 18.1.